The van der Waals surface area contributed by atoms with E-state index in [0.717, 1.165) is 0 Å². The lowest BCUT2D eigenvalue weighted by molar-refractivity contribution is -0.144. The van der Waals surface area contributed by atoms with E-state index >= 15 is 0 Å². The third-order valence-electron chi connectivity index (χ3n) is 5.60. The van der Waals surface area contributed by atoms with Gasteiger partial charge in [0.2, 0.25) is 0 Å². The molecule has 2 heterocycles. The molecule has 4 aromatic rings. The van der Waals surface area contributed by atoms with Crippen LogP contribution in [0.5, 0.6) is 0 Å². The number of rotatable bonds is 7. The molecule has 1 atom stereocenters. The molecule has 9 nitrogen and oxygen atoms in total. The second-order valence-corrected chi connectivity index (χ2v) is 8.64. The van der Waals surface area contributed by atoms with Crippen molar-refractivity contribution >= 4 is 29.4 Å². The van der Waals surface area contributed by atoms with Gasteiger partial charge in [-0.3, -0.25) is 10.00 Å². The predicted molar refractivity (Wildman–Crippen MR) is 130 cm³/mol. The molecule has 0 aliphatic carbocycles. The average Bonchev–Trinajstić information content (AvgIpc) is 3.44. The molecule has 0 aliphatic heterocycles. The third kappa shape index (κ3) is 5.65. The normalized spacial score (nSPS) is 12.3. The summed E-state index contributed by atoms with van der Waals surface area (Å²) >= 11 is 6.16. The van der Waals surface area contributed by atoms with Gasteiger partial charge in [0.1, 0.15) is 23.0 Å². The first kappa shape index (κ1) is 26.7. The Morgan fingerprint density at radius 3 is 2.50 bits per heavy atom. The van der Waals surface area contributed by atoms with Crippen molar-refractivity contribution in [1.82, 2.24) is 14.9 Å². The smallest absolute Gasteiger partial charge is 0.433 e. The number of aromatic carboxylic acids is 1. The number of hydrogen-bond donors (Lipinski definition) is 2. The number of alkyl halides is 3. The fraction of sp³-hybridized carbons (Fsp3) is 0.200. The molecule has 0 saturated heterocycles. The van der Waals surface area contributed by atoms with E-state index in [4.69, 9.17) is 26.0 Å². The Morgan fingerprint density at radius 1 is 1.18 bits per heavy atom. The van der Waals surface area contributed by atoms with Crippen LogP contribution in [0.25, 0.3) is 11.3 Å². The molecule has 0 bridgehead atoms. The number of aromatic nitrogens is 3. The van der Waals surface area contributed by atoms with Crippen LogP contribution in [0, 0.1) is 6.92 Å². The van der Waals surface area contributed by atoms with Crippen LogP contribution in [-0.2, 0) is 17.5 Å². The number of nitrogens with one attached hydrogen (secondary N) is 1. The Bertz CT molecular complexity index is 1480. The van der Waals surface area contributed by atoms with Gasteiger partial charge in [0, 0.05) is 16.1 Å². The molecule has 0 radical (unpaired) electrons. The lowest BCUT2D eigenvalue weighted by atomic mass is 10.1. The molecule has 1 amide bonds. The molecule has 13 heteroatoms. The van der Waals surface area contributed by atoms with Crippen molar-refractivity contribution in [2.24, 2.45) is 0 Å². The summed E-state index contributed by atoms with van der Waals surface area (Å²) < 4.78 is 51.7. The van der Waals surface area contributed by atoms with Gasteiger partial charge in [-0.25, -0.2) is 9.59 Å². The molecule has 0 spiro atoms. The van der Waals surface area contributed by atoms with Crippen LogP contribution in [0.4, 0.5) is 23.7 Å². The Kier molecular flexibility index (Phi) is 7.44. The van der Waals surface area contributed by atoms with Crippen LogP contribution < -0.4 is 5.32 Å². The molecule has 4 rings (SSSR count). The Hall–Kier alpha value is -4.32. The highest BCUT2D eigenvalue weighted by molar-refractivity contribution is 6.31. The van der Waals surface area contributed by atoms with Crippen LogP contribution in [0.3, 0.4) is 0 Å². The van der Waals surface area contributed by atoms with Crippen molar-refractivity contribution in [3.63, 3.8) is 0 Å². The highest BCUT2D eigenvalue weighted by atomic mass is 35.5. The topological polar surface area (TPSA) is 119 Å². The number of carbonyl (C=O) groups excluding carboxylic acids is 1. The number of carboxylic acids is 1. The van der Waals surface area contributed by atoms with Crippen LogP contribution in [0.1, 0.15) is 45.9 Å². The monoisotopic (exact) mass is 548 g/mol. The van der Waals surface area contributed by atoms with Gasteiger partial charge in [-0.1, -0.05) is 59.2 Å². The SMILES string of the molecule is Cc1noc(-c2ccc(Cn3ncc(C(=O)O)c3C(F)(F)F)cc2)c1NC(=O)OC(C)c1ccccc1Cl. The van der Waals surface area contributed by atoms with Crippen LogP contribution in [0.15, 0.2) is 59.3 Å². The summed E-state index contributed by atoms with van der Waals surface area (Å²) in [6, 6.07) is 13.1. The van der Waals surface area contributed by atoms with Crippen molar-refractivity contribution in [2.75, 3.05) is 5.32 Å². The second kappa shape index (κ2) is 10.6. The number of carboxylic acid groups (broad SMARTS) is 1. The number of ether oxygens (including phenoxy) is 1. The van der Waals surface area contributed by atoms with Crippen molar-refractivity contribution in [1.29, 1.82) is 0 Å². The first-order valence-electron chi connectivity index (χ1n) is 11.1. The van der Waals surface area contributed by atoms with Crippen molar-refractivity contribution in [2.45, 2.75) is 32.7 Å². The molecular weight excluding hydrogens is 529 g/mol. The quantitative estimate of drug-likeness (QED) is 0.268. The lowest BCUT2D eigenvalue weighted by Gasteiger charge is -2.15. The summed E-state index contributed by atoms with van der Waals surface area (Å²) in [5.41, 5.74) is -0.132. The summed E-state index contributed by atoms with van der Waals surface area (Å²) in [5.74, 6) is -1.51. The molecule has 2 N–H and O–H groups in total. The van der Waals surface area contributed by atoms with E-state index in [0.29, 0.717) is 38.3 Å². The highest BCUT2D eigenvalue weighted by Crippen LogP contribution is 2.34. The number of aryl methyl sites for hydroxylation is 1. The largest absolute Gasteiger partial charge is 0.478 e. The number of halogens is 4. The molecule has 0 fully saturated rings. The summed E-state index contributed by atoms with van der Waals surface area (Å²) in [7, 11) is 0. The Balaban J connectivity index is 1.51. The van der Waals surface area contributed by atoms with E-state index < -0.39 is 35.6 Å². The molecule has 2 aromatic heterocycles. The number of hydrogen-bond acceptors (Lipinski definition) is 6. The number of carbonyl (C=O) groups is 2. The maximum Gasteiger partial charge on any atom is 0.433 e. The Morgan fingerprint density at radius 2 is 1.87 bits per heavy atom. The van der Waals surface area contributed by atoms with E-state index in [9.17, 15) is 22.8 Å². The second-order valence-electron chi connectivity index (χ2n) is 8.23. The van der Waals surface area contributed by atoms with Gasteiger partial charge in [-0.05, 0) is 25.5 Å². The van der Waals surface area contributed by atoms with Gasteiger partial charge in [0.05, 0.1) is 12.7 Å². The first-order valence-corrected chi connectivity index (χ1v) is 11.5. The van der Waals surface area contributed by atoms with E-state index in [1.54, 1.807) is 50.2 Å². The molecule has 1 unspecified atom stereocenters. The maximum atomic E-state index is 13.4. The molecule has 38 heavy (non-hydrogen) atoms. The van der Waals surface area contributed by atoms with E-state index in [1.807, 2.05) is 0 Å². The van der Waals surface area contributed by atoms with E-state index in [2.05, 4.69) is 15.6 Å². The van der Waals surface area contributed by atoms with Crippen molar-refractivity contribution in [3.8, 4) is 11.3 Å². The minimum atomic E-state index is -4.90. The number of nitrogens with zero attached hydrogens (tertiary/aromatic N) is 3. The zero-order chi connectivity index (χ0) is 27.6. The standard InChI is InChI=1S/C25H20ClF3N4O5/c1-13-20(31-24(36)37-14(2)17-5-3-4-6-19(17)26)21(38-32-13)16-9-7-15(8-10-16)12-33-22(25(27,28)29)18(11-30-33)23(34)35/h3-11,14H,12H2,1-2H3,(H,31,36)(H,34,35). The zero-order valence-electron chi connectivity index (χ0n) is 19.9. The van der Waals surface area contributed by atoms with Gasteiger partial charge in [0.25, 0.3) is 0 Å². The zero-order valence-corrected chi connectivity index (χ0v) is 20.7. The number of anilines is 1. The Labute approximate surface area is 218 Å². The predicted octanol–water partition coefficient (Wildman–Crippen LogP) is 6.57. The summed E-state index contributed by atoms with van der Waals surface area (Å²) in [6.07, 6.45) is -5.65. The fourth-order valence-corrected chi connectivity index (χ4v) is 4.06. The fourth-order valence-electron chi connectivity index (χ4n) is 3.77. The summed E-state index contributed by atoms with van der Waals surface area (Å²) in [5, 5.41) is 19.6. The van der Waals surface area contributed by atoms with Crippen molar-refractivity contribution < 1.29 is 37.1 Å². The molecule has 0 aliphatic rings. The lowest BCUT2D eigenvalue weighted by Crippen LogP contribution is -2.18. The molecule has 198 valence electrons. The van der Waals surface area contributed by atoms with Crippen molar-refractivity contribution in [3.05, 3.63) is 87.8 Å². The van der Waals surface area contributed by atoms with E-state index in [1.165, 1.54) is 12.1 Å². The third-order valence-corrected chi connectivity index (χ3v) is 5.95. The van der Waals surface area contributed by atoms with Crippen LogP contribution >= 0.6 is 11.6 Å². The van der Waals surface area contributed by atoms with Crippen LogP contribution in [0.2, 0.25) is 5.02 Å². The minimum absolute atomic E-state index is 0.208. The first-order chi connectivity index (χ1) is 18.0. The summed E-state index contributed by atoms with van der Waals surface area (Å²) in [6.45, 7) is 2.96. The van der Waals surface area contributed by atoms with Gasteiger partial charge in [0.15, 0.2) is 11.5 Å². The maximum absolute atomic E-state index is 13.4. The minimum Gasteiger partial charge on any atom is -0.478 e. The van der Waals surface area contributed by atoms with Gasteiger partial charge in [-0.2, -0.15) is 18.3 Å². The van der Waals surface area contributed by atoms with E-state index in [-0.39, 0.29) is 18.0 Å². The number of amides is 1. The van der Waals surface area contributed by atoms with Gasteiger partial charge in [-0.15, -0.1) is 0 Å². The highest BCUT2D eigenvalue weighted by Gasteiger charge is 2.40. The molecular formula is C25H20ClF3N4O5. The van der Waals surface area contributed by atoms with Gasteiger partial charge >= 0.3 is 18.2 Å². The average molecular weight is 549 g/mol. The molecule has 2 aromatic carbocycles. The summed E-state index contributed by atoms with van der Waals surface area (Å²) in [4.78, 5) is 23.7. The molecule has 0 saturated carbocycles. The van der Waals surface area contributed by atoms with Crippen LogP contribution in [-0.4, -0.2) is 32.1 Å². The number of benzene rings is 2. The van der Waals surface area contributed by atoms with Gasteiger partial charge < -0.3 is 14.4 Å².